The number of ether oxygens (including phenoxy) is 1. The number of carbonyl (C=O) groups excluding carboxylic acids is 1. The zero-order valence-electron chi connectivity index (χ0n) is 9.94. The van der Waals surface area contributed by atoms with E-state index in [0.717, 1.165) is 12.3 Å². The third kappa shape index (κ3) is 3.03. The van der Waals surface area contributed by atoms with E-state index in [1.807, 2.05) is 0 Å². The van der Waals surface area contributed by atoms with E-state index in [9.17, 15) is 9.18 Å². The average Bonchev–Trinajstić information content (AvgIpc) is 2.71. The van der Waals surface area contributed by atoms with Gasteiger partial charge in [0.1, 0.15) is 10.4 Å². The monoisotopic (exact) mass is 349 g/mol. The van der Waals surface area contributed by atoms with Crippen molar-refractivity contribution in [1.82, 2.24) is 4.98 Å². The summed E-state index contributed by atoms with van der Waals surface area (Å²) in [6.45, 7) is 1.99. The van der Waals surface area contributed by atoms with Gasteiger partial charge in [0, 0.05) is 6.42 Å². The van der Waals surface area contributed by atoms with Gasteiger partial charge in [0.15, 0.2) is 11.9 Å². The molecule has 0 saturated heterocycles. The molecule has 0 N–H and O–H groups in total. The molecule has 0 radical (unpaired) electrons. The quantitative estimate of drug-likeness (QED) is 0.787. The molecule has 0 fully saturated rings. The highest BCUT2D eigenvalue weighted by Crippen LogP contribution is 2.31. The van der Waals surface area contributed by atoms with Crippen molar-refractivity contribution in [2.45, 2.75) is 19.4 Å². The van der Waals surface area contributed by atoms with Crippen LogP contribution in [0.2, 0.25) is 5.02 Å². The van der Waals surface area contributed by atoms with Crippen LogP contribution < -0.4 is 5.01 Å². The summed E-state index contributed by atoms with van der Waals surface area (Å²) in [6, 6.07) is 0.471. The molecule has 0 bridgehead atoms. The molecule has 8 heteroatoms. The fourth-order valence-corrected chi connectivity index (χ4v) is 2.38. The van der Waals surface area contributed by atoms with Crippen molar-refractivity contribution in [3.8, 4) is 0 Å². The largest absolute Gasteiger partial charge is 0.464 e. The van der Waals surface area contributed by atoms with Crippen molar-refractivity contribution >= 4 is 43.9 Å². The fourth-order valence-electron chi connectivity index (χ4n) is 1.67. The highest BCUT2D eigenvalue weighted by molar-refractivity contribution is 9.18. The maximum absolute atomic E-state index is 13.0. The first-order valence-electron chi connectivity index (χ1n) is 5.52. The second kappa shape index (κ2) is 5.83. The minimum Gasteiger partial charge on any atom is -0.464 e. The Hall–Kier alpha value is -1.21. The maximum atomic E-state index is 13.0. The van der Waals surface area contributed by atoms with Crippen LogP contribution in [0.3, 0.4) is 0 Å². The summed E-state index contributed by atoms with van der Waals surface area (Å²) in [5.41, 5.74) is 0. The molecule has 2 heterocycles. The molecule has 1 aliphatic heterocycles. The van der Waals surface area contributed by atoms with E-state index in [2.05, 4.69) is 26.0 Å². The first kappa shape index (κ1) is 14.2. The fraction of sp³-hybridized carbons (Fsp3) is 0.364. The van der Waals surface area contributed by atoms with Gasteiger partial charge in [0.05, 0.1) is 17.8 Å². The molecular weight excluding hydrogens is 340 g/mol. The first-order chi connectivity index (χ1) is 9.02. The summed E-state index contributed by atoms with van der Waals surface area (Å²) in [5.74, 6) is -0.762. The SMILES string of the molecule is CCOC(=O)C1CC(Br)=NN1c1ncc(F)cc1Cl. The molecule has 5 nitrogen and oxygen atoms in total. The second-order valence-electron chi connectivity index (χ2n) is 3.75. The molecular formula is C11H10BrClFN3O2. The molecule has 1 aromatic rings. The molecule has 1 aliphatic rings. The van der Waals surface area contributed by atoms with Crippen LogP contribution in [0.4, 0.5) is 10.2 Å². The zero-order chi connectivity index (χ0) is 14.0. The number of rotatable bonds is 3. The summed E-state index contributed by atoms with van der Waals surface area (Å²) >= 11 is 9.15. The average molecular weight is 351 g/mol. The van der Waals surface area contributed by atoms with Crippen LogP contribution in [0, 0.1) is 5.82 Å². The van der Waals surface area contributed by atoms with Crippen LogP contribution >= 0.6 is 27.5 Å². The van der Waals surface area contributed by atoms with Crippen LogP contribution in [0.15, 0.2) is 17.4 Å². The Kier molecular flexibility index (Phi) is 4.36. The summed E-state index contributed by atoms with van der Waals surface area (Å²) in [6.07, 6.45) is 1.37. The highest BCUT2D eigenvalue weighted by atomic mass is 79.9. The van der Waals surface area contributed by atoms with Crippen LogP contribution in [-0.4, -0.2) is 28.2 Å². The normalized spacial score (nSPS) is 18.4. The van der Waals surface area contributed by atoms with E-state index < -0.39 is 17.8 Å². The Morgan fingerprint density at radius 1 is 1.74 bits per heavy atom. The second-order valence-corrected chi connectivity index (χ2v) is 5.07. The van der Waals surface area contributed by atoms with Crippen molar-refractivity contribution in [3.63, 3.8) is 0 Å². The van der Waals surface area contributed by atoms with E-state index in [0.29, 0.717) is 11.0 Å². The number of esters is 1. The van der Waals surface area contributed by atoms with E-state index in [4.69, 9.17) is 16.3 Å². The van der Waals surface area contributed by atoms with E-state index in [1.165, 1.54) is 5.01 Å². The molecule has 102 valence electrons. The van der Waals surface area contributed by atoms with Gasteiger partial charge in [-0.2, -0.15) is 5.10 Å². The molecule has 1 aromatic heterocycles. The van der Waals surface area contributed by atoms with Crippen molar-refractivity contribution in [3.05, 3.63) is 23.1 Å². The Balaban J connectivity index is 2.32. The number of anilines is 1. The molecule has 1 unspecified atom stereocenters. The maximum Gasteiger partial charge on any atom is 0.331 e. The molecule has 19 heavy (non-hydrogen) atoms. The van der Waals surface area contributed by atoms with Gasteiger partial charge >= 0.3 is 5.97 Å². The van der Waals surface area contributed by atoms with Crippen molar-refractivity contribution in [1.29, 1.82) is 0 Å². The molecule has 2 rings (SSSR count). The number of hydrazone groups is 1. The lowest BCUT2D eigenvalue weighted by atomic mass is 10.2. The topological polar surface area (TPSA) is 54.8 Å². The van der Waals surface area contributed by atoms with Crippen LogP contribution in [-0.2, 0) is 9.53 Å². The number of pyridine rings is 1. The van der Waals surface area contributed by atoms with Crippen molar-refractivity contribution in [2.75, 3.05) is 11.6 Å². The van der Waals surface area contributed by atoms with Crippen molar-refractivity contribution in [2.24, 2.45) is 5.10 Å². The Labute approximate surface area is 122 Å². The van der Waals surface area contributed by atoms with Gasteiger partial charge in [0.25, 0.3) is 0 Å². The van der Waals surface area contributed by atoms with E-state index >= 15 is 0 Å². The Morgan fingerprint density at radius 2 is 2.47 bits per heavy atom. The molecule has 1 atom stereocenters. The zero-order valence-corrected chi connectivity index (χ0v) is 12.3. The molecule has 0 amide bonds. The third-order valence-electron chi connectivity index (χ3n) is 2.44. The summed E-state index contributed by atoms with van der Waals surface area (Å²) in [5, 5.41) is 5.55. The van der Waals surface area contributed by atoms with Crippen LogP contribution in [0.25, 0.3) is 0 Å². The van der Waals surface area contributed by atoms with E-state index in [1.54, 1.807) is 6.92 Å². The van der Waals surface area contributed by atoms with Crippen molar-refractivity contribution < 1.29 is 13.9 Å². The third-order valence-corrected chi connectivity index (χ3v) is 3.20. The molecule has 0 spiro atoms. The lowest BCUT2D eigenvalue weighted by Crippen LogP contribution is -2.36. The van der Waals surface area contributed by atoms with Gasteiger partial charge in [-0.3, -0.25) is 0 Å². The minimum atomic E-state index is -0.648. The minimum absolute atomic E-state index is 0.0836. The lowest BCUT2D eigenvalue weighted by molar-refractivity contribution is -0.144. The molecule has 0 aromatic carbocycles. The number of halogens is 3. The number of aromatic nitrogens is 1. The number of carbonyl (C=O) groups is 1. The van der Waals surface area contributed by atoms with Crippen LogP contribution in [0.1, 0.15) is 13.3 Å². The predicted octanol–water partition coefficient (Wildman–Crippen LogP) is 2.72. The molecule has 0 saturated carbocycles. The number of hydrogen-bond donors (Lipinski definition) is 0. The van der Waals surface area contributed by atoms with Gasteiger partial charge in [0.2, 0.25) is 0 Å². The smallest absolute Gasteiger partial charge is 0.331 e. The lowest BCUT2D eigenvalue weighted by Gasteiger charge is -2.21. The van der Waals surface area contributed by atoms with Gasteiger partial charge in [-0.25, -0.2) is 19.2 Å². The first-order valence-corrected chi connectivity index (χ1v) is 6.70. The number of hydrogen-bond acceptors (Lipinski definition) is 5. The molecule has 0 aliphatic carbocycles. The van der Waals surface area contributed by atoms with E-state index in [-0.39, 0.29) is 17.4 Å². The van der Waals surface area contributed by atoms with Gasteiger partial charge in [-0.15, -0.1) is 0 Å². The summed E-state index contributed by atoms with van der Waals surface area (Å²) in [4.78, 5) is 15.7. The van der Waals surface area contributed by atoms with Gasteiger partial charge < -0.3 is 4.74 Å². The Bertz CT molecular complexity index is 541. The van der Waals surface area contributed by atoms with Crippen LogP contribution in [0.5, 0.6) is 0 Å². The van der Waals surface area contributed by atoms with Gasteiger partial charge in [-0.1, -0.05) is 11.6 Å². The van der Waals surface area contributed by atoms with Gasteiger partial charge in [-0.05, 0) is 28.9 Å². The summed E-state index contributed by atoms with van der Waals surface area (Å²) < 4.78 is 18.5. The Morgan fingerprint density at radius 3 is 3.11 bits per heavy atom. The predicted molar refractivity (Wildman–Crippen MR) is 73.1 cm³/mol. The highest BCUT2D eigenvalue weighted by Gasteiger charge is 2.35. The standard InChI is InChI=1S/C11H10BrClFN3O2/c1-2-19-11(18)8-4-9(12)16-17(8)10-7(13)3-6(14)5-15-10/h3,5,8H,2,4H2,1H3. The number of nitrogens with zero attached hydrogens (tertiary/aromatic N) is 3. The summed E-state index contributed by atoms with van der Waals surface area (Å²) in [7, 11) is 0.